The summed E-state index contributed by atoms with van der Waals surface area (Å²) in [6, 6.07) is 4.58. The standard InChI is InChI=1S/C12H13N3O2S/c1-7(11-14-4-5-18-11)15-10-6-8(12(16)17)2-3-9(10)13/h2-7,15H,13H2,1H3,(H,16,17). The first-order valence-corrected chi connectivity index (χ1v) is 6.24. The van der Waals surface area contributed by atoms with Crippen molar-refractivity contribution in [3.8, 4) is 0 Å². The number of aromatic nitrogens is 1. The van der Waals surface area contributed by atoms with Crippen LogP contribution in [0, 0.1) is 0 Å². The largest absolute Gasteiger partial charge is 0.478 e. The Morgan fingerprint density at radius 2 is 2.33 bits per heavy atom. The average molecular weight is 263 g/mol. The van der Waals surface area contributed by atoms with Crippen LogP contribution in [-0.2, 0) is 0 Å². The molecule has 5 nitrogen and oxygen atoms in total. The molecule has 1 unspecified atom stereocenters. The molecule has 0 aliphatic carbocycles. The van der Waals surface area contributed by atoms with Crippen LogP contribution in [0.1, 0.15) is 28.3 Å². The van der Waals surface area contributed by atoms with Gasteiger partial charge in [-0.1, -0.05) is 0 Å². The van der Waals surface area contributed by atoms with E-state index in [2.05, 4.69) is 10.3 Å². The van der Waals surface area contributed by atoms with Gasteiger partial charge in [0.15, 0.2) is 0 Å². The van der Waals surface area contributed by atoms with Gasteiger partial charge < -0.3 is 16.2 Å². The third-order valence-electron chi connectivity index (χ3n) is 2.49. The highest BCUT2D eigenvalue weighted by molar-refractivity contribution is 7.09. The smallest absolute Gasteiger partial charge is 0.335 e. The number of rotatable bonds is 4. The second-order valence-corrected chi connectivity index (χ2v) is 4.77. The van der Waals surface area contributed by atoms with Crippen molar-refractivity contribution in [2.75, 3.05) is 11.1 Å². The van der Waals surface area contributed by atoms with Crippen molar-refractivity contribution >= 4 is 28.7 Å². The molecule has 0 spiro atoms. The zero-order chi connectivity index (χ0) is 13.1. The van der Waals surface area contributed by atoms with Crippen molar-refractivity contribution in [2.45, 2.75) is 13.0 Å². The first-order chi connectivity index (χ1) is 8.58. The van der Waals surface area contributed by atoms with Gasteiger partial charge in [-0.2, -0.15) is 0 Å². The molecule has 18 heavy (non-hydrogen) atoms. The molecule has 1 aromatic heterocycles. The van der Waals surface area contributed by atoms with Crippen LogP contribution in [0.3, 0.4) is 0 Å². The predicted molar refractivity (Wildman–Crippen MR) is 72.0 cm³/mol. The van der Waals surface area contributed by atoms with Crippen LogP contribution in [-0.4, -0.2) is 16.1 Å². The Morgan fingerprint density at radius 3 is 2.94 bits per heavy atom. The summed E-state index contributed by atoms with van der Waals surface area (Å²) in [7, 11) is 0. The molecule has 0 fully saturated rings. The summed E-state index contributed by atoms with van der Waals surface area (Å²) in [6.45, 7) is 1.95. The van der Waals surface area contributed by atoms with E-state index in [1.165, 1.54) is 23.5 Å². The second kappa shape index (κ2) is 5.05. The molecule has 2 rings (SSSR count). The first kappa shape index (κ1) is 12.4. The van der Waals surface area contributed by atoms with Gasteiger partial charge >= 0.3 is 5.97 Å². The van der Waals surface area contributed by atoms with Gasteiger partial charge in [0.1, 0.15) is 5.01 Å². The van der Waals surface area contributed by atoms with Crippen molar-refractivity contribution in [1.82, 2.24) is 4.98 Å². The second-order valence-electron chi connectivity index (χ2n) is 3.84. The maximum atomic E-state index is 10.9. The summed E-state index contributed by atoms with van der Waals surface area (Å²) >= 11 is 1.54. The molecule has 94 valence electrons. The zero-order valence-corrected chi connectivity index (χ0v) is 10.6. The molecule has 0 saturated carbocycles. The lowest BCUT2D eigenvalue weighted by atomic mass is 10.1. The molecular weight excluding hydrogens is 250 g/mol. The Balaban J connectivity index is 2.23. The number of aromatic carboxylic acids is 1. The number of nitrogens with one attached hydrogen (secondary N) is 1. The molecule has 0 aliphatic heterocycles. The van der Waals surface area contributed by atoms with Gasteiger partial charge in [-0.05, 0) is 25.1 Å². The molecule has 2 aromatic rings. The minimum atomic E-state index is -0.972. The summed E-state index contributed by atoms with van der Waals surface area (Å²) in [5.74, 6) is -0.972. The van der Waals surface area contributed by atoms with E-state index >= 15 is 0 Å². The molecule has 0 aliphatic rings. The molecule has 0 bridgehead atoms. The number of nitrogen functional groups attached to an aromatic ring is 1. The molecule has 4 N–H and O–H groups in total. The topological polar surface area (TPSA) is 88.2 Å². The fraction of sp³-hybridized carbons (Fsp3) is 0.167. The van der Waals surface area contributed by atoms with E-state index in [1.807, 2.05) is 12.3 Å². The monoisotopic (exact) mass is 263 g/mol. The minimum absolute atomic E-state index is 0.0173. The highest BCUT2D eigenvalue weighted by Crippen LogP contribution is 2.26. The minimum Gasteiger partial charge on any atom is -0.478 e. The van der Waals surface area contributed by atoms with Gasteiger partial charge in [-0.15, -0.1) is 11.3 Å². The summed E-state index contributed by atoms with van der Waals surface area (Å²) in [5.41, 5.74) is 7.15. The van der Waals surface area contributed by atoms with E-state index in [4.69, 9.17) is 10.8 Å². The lowest BCUT2D eigenvalue weighted by Crippen LogP contribution is -2.09. The maximum absolute atomic E-state index is 10.9. The summed E-state index contributed by atoms with van der Waals surface area (Å²) in [4.78, 5) is 15.1. The fourth-order valence-corrected chi connectivity index (χ4v) is 2.20. The van der Waals surface area contributed by atoms with Crippen molar-refractivity contribution in [2.24, 2.45) is 0 Å². The number of hydrogen-bond donors (Lipinski definition) is 3. The first-order valence-electron chi connectivity index (χ1n) is 5.36. The number of carbonyl (C=O) groups is 1. The molecule has 6 heteroatoms. The van der Waals surface area contributed by atoms with Crippen molar-refractivity contribution in [3.05, 3.63) is 40.3 Å². The van der Waals surface area contributed by atoms with Gasteiger partial charge in [0.2, 0.25) is 0 Å². The number of carboxylic acid groups (broad SMARTS) is 1. The summed E-state index contributed by atoms with van der Waals surface area (Å²) in [6.07, 6.45) is 1.73. The number of thiazole rings is 1. The number of nitrogens with two attached hydrogens (primary N) is 1. The van der Waals surface area contributed by atoms with Crippen LogP contribution in [0.4, 0.5) is 11.4 Å². The Bertz CT molecular complexity index is 554. The lowest BCUT2D eigenvalue weighted by Gasteiger charge is -2.15. The molecule has 1 heterocycles. The van der Waals surface area contributed by atoms with E-state index in [1.54, 1.807) is 12.3 Å². The Hall–Kier alpha value is -2.08. The van der Waals surface area contributed by atoms with Crippen LogP contribution < -0.4 is 11.1 Å². The summed E-state index contributed by atoms with van der Waals surface area (Å²) in [5, 5.41) is 14.9. The van der Waals surface area contributed by atoms with Gasteiger partial charge in [0, 0.05) is 11.6 Å². The predicted octanol–water partition coefficient (Wildman–Crippen LogP) is 2.60. The summed E-state index contributed by atoms with van der Waals surface area (Å²) < 4.78 is 0. The molecule has 0 saturated heterocycles. The Kier molecular flexibility index (Phi) is 3.47. The number of benzene rings is 1. The van der Waals surface area contributed by atoms with Crippen molar-refractivity contribution in [1.29, 1.82) is 0 Å². The lowest BCUT2D eigenvalue weighted by molar-refractivity contribution is 0.0697. The molecule has 0 radical (unpaired) electrons. The van der Waals surface area contributed by atoms with Crippen LogP contribution in [0.5, 0.6) is 0 Å². The molecule has 0 amide bonds. The van der Waals surface area contributed by atoms with Gasteiger partial charge in [0.25, 0.3) is 0 Å². The van der Waals surface area contributed by atoms with Gasteiger partial charge in [-0.25, -0.2) is 9.78 Å². The third-order valence-corrected chi connectivity index (χ3v) is 3.45. The van der Waals surface area contributed by atoms with E-state index < -0.39 is 5.97 Å². The highest BCUT2D eigenvalue weighted by Gasteiger charge is 2.11. The average Bonchev–Trinajstić information content (AvgIpc) is 2.85. The van der Waals surface area contributed by atoms with Crippen LogP contribution in [0.25, 0.3) is 0 Å². The van der Waals surface area contributed by atoms with Crippen molar-refractivity contribution < 1.29 is 9.90 Å². The van der Waals surface area contributed by atoms with Crippen LogP contribution >= 0.6 is 11.3 Å². The van der Waals surface area contributed by atoms with E-state index in [0.29, 0.717) is 11.4 Å². The zero-order valence-electron chi connectivity index (χ0n) is 9.75. The van der Waals surface area contributed by atoms with E-state index in [0.717, 1.165) is 5.01 Å². The van der Waals surface area contributed by atoms with Crippen LogP contribution in [0.2, 0.25) is 0 Å². The number of anilines is 2. The molecule has 1 atom stereocenters. The molecule has 1 aromatic carbocycles. The number of carboxylic acids is 1. The quantitative estimate of drug-likeness (QED) is 0.738. The maximum Gasteiger partial charge on any atom is 0.335 e. The number of hydrogen-bond acceptors (Lipinski definition) is 5. The number of nitrogens with zero attached hydrogens (tertiary/aromatic N) is 1. The fourth-order valence-electron chi connectivity index (χ4n) is 1.56. The Labute approximate surface area is 108 Å². The third kappa shape index (κ3) is 2.60. The normalized spacial score (nSPS) is 12.1. The van der Waals surface area contributed by atoms with Crippen LogP contribution in [0.15, 0.2) is 29.8 Å². The SMILES string of the molecule is CC(Nc1cc(C(=O)O)ccc1N)c1nccs1. The Morgan fingerprint density at radius 1 is 1.56 bits per heavy atom. The van der Waals surface area contributed by atoms with Crippen molar-refractivity contribution in [3.63, 3.8) is 0 Å². The highest BCUT2D eigenvalue weighted by atomic mass is 32.1. The van der Waals surface area contributed by atoms with Gasteiger partial charge in [-0.3, -0.25) is 0 Å². The van der Waals surface area contributed by atoms with Gasteiger partial charge in [0.05, 0.1) is 23.0 Å². The van der Waals surface area contributed by atoms with E-state index in [-0.39, 0.29) is 11.6 Å². The van der Waals surface area contributed by atoms with E-state index in [9.17, 15) is 4.79 Å². The molecular formula is C12H13N3O2S.